The van der Waals surface area contributed by atoms with Crippen molar-refractivity contribution in [3.63, 3.8) is 0 Å². The van der Waals surface area contributed by atoms with E-state index in [2.05, 4.69) is 40.7 Å². The van der Waals surface area contributed by atoms with Gasteiger partial charge in [0.25, 0.3) is 0 Å². The van der Waals surface area contributed by atoms with Crippen molar-refractivity contribution in [1.29, 1.82) is 0 Å². The number of esters is 1. The van der Waals surface area contributed by atoms with Gasteiger partial charge in [0.05, 0.1) is 62.9 Å². The fraction of sp³-hybridized carbons (Fsp3) is 0.957. The number of rotatable bonds is 16. The van der Waals surface area contributed by atoms with Gasteiger partial charge in [-0.2, -0.15) is 0 Å². The lowest BCUT2D eigenvalue weighted by Crippen LogP contribution is -2.69. The molecule has 12 aliphatic rings. The fourth-order valence-corrected chi connectivity index (χ4v) is 20.1. The van der Waals surface area contributed by atoms with Gasteiger partial charge >= 0.3 is 5.97 Å². The first-order valence-electron chi connectivity index (χ1n) is 36.4. The largest absolute Gasteiger partial charge is 0.432 e. The smallest absolute Gasteiger partial charge is 0.315 e. The van der Waals surface area contributed by atoms with Gasteiger partial charge in [0.15, 0.2) is 37.7 Å². The van der Waals surface area contributed by atoms with E-state index in [1.807, 2.05) is 13.8 Å². The lowest BCUT2D eigenvalue weighted by molar-refractivity contribution is -0.407. The van der Waals surface area contributed by atoms with Crippen LogP contribution in [0.5, 0.6) is 0 Å². The van der Waals surface area contributed by atoms with Crippen LogP contribution < -0.4 is 0 Å². The van der Waals surface area contributed by atoms with Crippen molar-refractivity contribution < 1.29 is 168 Å². The molecule has 19 N–H and O–H groups in total. The molecule has 7 heterocycles. The molecule has 0 aromatic carbocycles. The highest BCUT2D eigenvalue weighted by Gasteiger charge is 2.72. The first-order chi connectivity index (χ1) is 48.3. The van der Waals surface area contributed by atoms with E-state index >= 15 is 0 Å². The molecule has 0 aromatic rings. The van der Waals surface area contributed by atoms with Crippen LogP contribution in [0.15, 0.2) is 11.6 Å². The third-order valence-corrected chi connectivity index (χ3v) is 26.5. The Morgan fingerprint density at radius 1 is 0.447 bits per heavy atom. The molecule has 5 aliphatic carbocycles. The summed E-state index contributed by atoms with van der Waals surface area (Å²) < 4.78 is 85.6. The number of aliphatic hydroxyl groups is 19. The third kappa shape index (κ3) is 14.1. The predicted octanol–water partition coefficient (Wildman–Crippen LogP) is -5.62. The van der Waals surface area contributed by atoms with Gasteiger partial charge in [-0.3, -0.25) is 4.79 Å². The van der Waals surface area contributed by atoms with Crippen LogP contribution in [0.3, 0.4) is 0 Å². The molecule has 4 saturated carbocycles. The monoisotopic (exact) mass is 1480 g/mol. The van der Waals surface area contributed by atoms with Crippen LogP contribution >= 0.6 is 0 Å². The molecular weight excluding hydrogens is 1370 g/mol. The Bertz CT molecular complexity index is 2930. The van der Waals surface area contributed by atoms with E-state index in [-0.39, 0.29) is 29.6 Å². The Morgan fingerprint density at radius 2 is 0.951 bits per heavy atom. The summed E-state index contributed by atoms with van der Waals surface area (Å²) in [4.78, 5) is 15.0. The third-order valence-electron chi connectivity index (χ3n) is 26.5. The minimum atomic E-state index is -2.23. The minimum absolute atomic E-state index is 0.0601. The number of carbonyl (C=O) groups is 1. The first kappa shape index (κ1) is 80.4. The van der Waals surface area contributed by atoms with Crippen molar-refractivity contribution >= 4 is 5.97 Å². The maximum absolute atomic E-state index is 15.0. The average Bonchev–Trinajstić information content (AvgIpc) is 0.673. The van der Waals surface area contributed by atoms with E-state index in [1.54, 1.807) is 0 Å². The molecule has 592 valence electrons. The first-order valence-corrected chi connectivity index (χ1v) is 36.4. The van der Waals surface area contributed by atoms with E-state index in [4.69, 9.17) is 66.3 Å². The summed E-state index contributed by atoms with van der Waals surface area (Å²) in [6.45, 7) is 14.3. The van der Waals surface area contributed by atoms with Crippen molar-refractivity contribution in [1.82, 2.24) is 0 Å². The second kappa shape index (κ2) is 30.2. The lowest BCUT2D eigenvalue weighted by atomic mass is 9.33. The summed E-state index contributed by atoms with van der Waals surface area (Å²) >= 11 is 0. The molecule has 12 rings (SSSR count). The zero-order chi connectivity index (χ0) is 75.0. The molecule has 0 radical (unpaired) electrons. The number of hydrogen-bond acceptors (Lipinski definition) is 34. The number of hydrogen-bond donors (Lipinski definition) is 19. The molecule has 7 saturated heterocycles. The van der Waals surface area contributed by atoms with Crippen molar-refractivity contribution in [2.75, 3.05) is 33.0 Å². The van der Waals surface area contributed by atoms with Crippen LogP contribution in [0.25, 0.3) is 0 Å². The summed E-state index contributed by atoms with van der Waals surface area (Å²) in [6, 6.07) is 0. The van der Waals surface area contributed by atoms with E-state index in [1.165, 1.54) is 13.8 Å². The maximum Gasteiger partial charge on any atom is 0.315 e. The molecule has 11 fully saturated rings. The number of allylic oxidation sites excluding steroid dienone is 2. The Kier molecular flexibility index (Phi) is 23.6. The normalized spacial score (nSPS) is 55.1. The number of aliphatic hydroxyl groups excluding tert-OH is 19. The Morgan fingerprint density at radius 3 is 1.57 bits per heavy atom. The predicted molar refractivity (Wildman–Crippen MR) is 341 cm³/mol. The highest BCUT2D eigenvalue weighted by molar-refractivity contribution is 5.79. The molecule has 0 bridgehead atoms. The zero-order valence-corrected chi connectivity index (χ0v) is 59.5. The highest BCUT2D eigenvalue weighted by Crippen LogP contribution is 2.76. The molecule has 34 heteroatoms. The highest BCUT2D eigenvalue weighted by atomic mass is 16.8. The summed E-state index contributed by atoms with van der Waals surface area (Å²) in [5.41, 5.74) is -2.48. The minimum Gasteiger partial charge on any atom is -0.432 e. The second-order valence-corrected chi connectivity index (χ2v) is 33.5. The molecule has 0 amide bonds. The van der Waals surface area contributed by atoms with Crippen LogP contribution in [-0.2, 0) is 71.1 Å². The SMILES string of the molecule is CC1OC(OC(=O)C23CCC(C)(C)CC2C2=CCC4C5(C)CC(O)C(OC6OC(CO)C(OC7OCC(O)C(O)C7O)C(O)C6OC6OCC(OC7OCC(O)C(O)C7O)C(OC7OC(CO)C(O)C(O)C7OC7OC(C)C(O)C(O)C7O)C6O)C(C)(C)C5CCC4(C)C2(C)CC3)C(O)C(O)C1O. The van der Waals surface area contributed by atoms with Gasteiger partial charge < -0.3 is 163 Å². The Hall–Kier alpha value is -2.07. The summed E-state index contributed by atoms with van der Waals surface area (Å²) in [6.07, 6.45) is -51.8. The average molecular weight is 1490 g/mol. The Labute approximate surface area is 596 Å². The molecule has 0 aromatic heterocycles. The molecule has 41 unspecified atom stereocenters. The standard InChI is InChI=1S/C69H112O34/c1-25-37(75)42(80)47(85)59(93-25)101-53-44(82)41(79)32(20-70)95-61(53)99-52-34(97-56-45(83)39(77)30(73)22-90-56)24-92-58(50(52)88)100-54-49(87)51(98-57-46(84)40(78)31(74)23-91-57)33(21-71)96-62(54)102-55-29(72)19-66(7)35(65(55,5)6)12-13-68(9)36(66)11-10-27-28-18-64(3,4)14-16-69(28,17-15-67(27,68)8)63(89)103-60-48(86)43(81)38(76)26(2)94-60/h10,25-26,28-62,70-88H,11-24H2,1-9H3. The van der Waals surface area contributed by atoms with E-state index < -0.39 is 275 Å². The van der Waals surface area contributed by atoms with E-state index in [0.717, 1.165) is 12.0 Å². The van der Waals surface area contributed by atoms with Gasteiger partial charge in [-0.1, -0.05) is 60.1 Å². The Balaban J connectivity index is 0.842. The summed E-state index contributed by atoms with van der Waals surface area (Å²) in [7, 11) is 0. The van der Waals surface area contributed by atoms with Gasteiger partial charge in [0, 0.05) is 0 Å². The summed E-state index contributed by atoms with van der Waals surface area (Å²) in [5, 5.41) is 212. The van der Waals surface area contributed by atoms with Crippen LogP contribution in [0.2, 0.25) is 0 Å². The van der Waals surface area contributed by atoms with Crippen molar-refractivity contribution in [3.05, 3.63) is 11.6 Å². The van der Waals surface area contributed by atoms with Crippen molar-refractivity contribution in [3.8, 4) is 0 Å². The lowest BCUT2D eigenvalue weighted by Gasteiger charge is -2.71. The van der Waals surface area contributed by atoms with Crippen molar-refractivity contribution in [2.45, 2.75) is 329 Å². The van der Waals surface area contributed by atoms with Gasteiger partial charge in [-0.25, -0.2) is 0 Å². The fourth-order valence-electron chi connectivity index (χ4n) is 20.1. The van der Waals surface area contributed by atoms with Crippen molar-refractivity contribution in [2.24, 2.45) is 50.2 Å². The summed E-state index contributed by atoms with van der Waals surface area (Å²) in [5.74, 6) is -1.05. The van der Waals surface area contributed by atoms with Crippen LogP contribution in [-0.4, -0.2) is 345 Å². The van der Waals surface area contributed by atoms with E-state index in [9.17, 15) is 102 Å². The molecule has 41 atom stereocenters. The quantitative estimate of drug-likeness (QED) is 0.0389. The second-order valence-electron chi connectivity index (χ2n) is 33.5. The van der Waals surface area contributed by atoms with Gasteiger partial charge in [-0.15, -0.1) is 0 Å². The zero-order valence-electron chi connectivity index (χ0n) is 59.5. The molecule has 0 spiro atoms. The maximum atomic E-state index is 15.0. The number of carbonyl (C=O) groups excluding carboxylic acids is 1. The van der Waals surface area contributed by atoms with Crippen LogP contribution in [0, 0.1) is 50.2 Å². The number of fused-ring (bicyclic) bond motifs is 7. The van der Waals surface area contributed by atoms with Crippen LogP contribution in [0.1, 0.15) is 120 Å². The molecule has 103 heavy (non-hydrogen) atoms. The molecule has 34 nitrogen and oxygen atoms in total. The van der Waals surface area contributed by atoms with E-state index in [0.29, 0.717) is 44.9 Å². The number of ether oxygens (including phenoxy) is 14. The van der Waals surface area contributed by atoms with Gasteiger partial charge in [0.1, 0.15) is 140 Å². The van der Waals surface area contributed by atoms with Gasteiger partial charge in [-0.05, 0) is 116 Å². The topological polar surface area (TPSA) is 531 Å². The molecule has 7 aliphatic heterocycles. The van der Waals surface area contributed by atoms with Crippen LogP contribution in [0.4, 0.5) is 0 Å². The van der Waals surface area contributed by atoms with Gasteiger partial charge in [0.2, 0.25) is 6.29 Å². The molecular formula is C69H112O34.